The molecule has 0 spiro atoms. The lowest BCUT2D eigenvalue weighted by Crippen LogP contribution is -2.55. The first-order valence-corrected chi connectivity index (χ1v) is 9.25. The number of carbonyl (C=O) groups is 2. The molecule has 0 bridgehead atoms. The van der Waals surface area contributed by atoms with Gasteiger partial charge in [-0.3, -0.25) is 9.59 Å². The third kappa shape index (κ3) is 4.97. The van der Waals surface area contributed by atoms with E-state index >= 15 is 0 Å². The van der Waals surface area contributed by atoms with Crippen LogP contribution in [0.5, 0.6) is 0 Å². The van der Waals surface area contributed by atoms with Crippen molar-refractivity contribution in [3.05, 3.63) is 35.4 Å². The zero-order valence-corrected chi connectivity index (χ0v) is 16.5. The van der Waals surface area contributed by atoms with Crippen LogP contribution in [0.3, 0.4) is 0 Å². The number of nitrogens with one attached hydrogen (secondary N) is 1. The monoisotopic (exact) mass is 419 g/mol. The molecular formula is C19H25ClF3N3O2. The van der Waals surface area contributed by atoms with Gasteiger partial charge >= 0.3 is 6.18 Å². The first-order valence-electron chi connectivity index (χ1n) is 9.25. The van der Waals surface area contributed by atoms with Crippen molar-refractivity contribution < 1.29 is 22.8 Å². The molecule has 0 unspecified atom stereocenters. The summed E-state index contributed by atoms with van der Waals surface area (Å²) in [6, 6.07) is 4.44. The highest BCUT2D eigenvalue weighted by atomic mass is 35.5. The molecule has 0 radical (unpaired) electrons. The van der Waals surface area contributed by atoms with Crippen LogP contribution in [0, 0.1) is 5.92 Å². The van der Waals surface area contributed by atoms with Crippen molar-refractivity contribution >= 4 is 24.2 Å². The lowest BCUT2D eigenvalue weighted by atomic mass is 9.94. The molecule has 28 heavy (non-hydrogen) atoms. The number of piperidine rings is 1. The van der Waals surface area contributed by atoms with Gasteiger partial charge in [0.15, 0.2) is 0 Å². The highest BCUT2D eigenvalue weighted by Crippen LogP contribution is 2.29. The van der Waals surface area contributed by atoms with E-state index in [0.717, 1.165) is 25.2 Å². The van der Waals surface area contributed by atoms with E-state index in [1.807, 2.05) is 11.8 Å². The van der Waals surface area contributed by atoms with Crippen LogP contribution < -0.4 is 5.32 Å². The Bertz CT molecular complexity index is 689. The molecule has 0 aromatic heterocycles. The number of likely N-dealkylation sites (tertiary alicyclic amines) is 1. The lowest BCUT2D eigenvalue weighted by Gasteiger charge is -2.39. The number of piperazine rings is 1. The second-order valence-corrected chi connectivity index (χ2v) is 7.23. The van der Waals surface area contributed by atoms with Crippen molar-refractivity contribution in [3.8, 4) is 0 Å². The van der Waals surface area contributed by atoms with Crippen molar-refractivity contribution in [2.24, 2.45) is 5.92 Å². The van der Waals surface area contributed by atoms with Crippen molar-refractivity contribution in [2.75, 3.05) is 32.7 Å². The maximum atomic E-state index is 12.7. The summed E-state index contributed by atoms with van der Waals surface area (Å²) in [5.41, 5.74) is -0.531. The average molecular weight is 420 g/mol. The Morgan fingerprint density at radius 1 is 1.07 bits per heavy atom. The lowest BCUT2D eigenvalue weighted by molar-refractivity contribution is -0.140. The van der Waals surface area contributed by atoms with Gasteiger partial charge in [-0.15, -0.1) is 12.4 Å². The summed E-state index contributed by atoms with van der Waals surface area (Å²) in [7, 11) is 0. The summed E-state index contributed by atoms with van der Waals surface area (Å²) >= 11 is 0. The van der Waals surface area contributed by atoms with E-state index in [1.54, 1.807) is 4.90 Å². The standard InChI is InChI=1S/C19H24F3N3O2.ClH/c1-13-12-23-8-11-25(13)18(27)15-6-9-24(10-7-15)17(26)14-2-4-16(5-3-14)19(20,21)22;/h2-5,13,15,23H,6-12H2,1H3;1H/t13-;/m0./s1. The second-order valence-electron chi connectivity index (χ2n) is 7.23. The number of benzene rings is 1. The first-order chi connectivity index (χ1) is 12.8. The third-order valence-electron chi connectivity index (χ3n) is 5.37. The molecule has 2 saturated heterocycles. The van der Waals surface area contributed by atoms with Gasteiger partial charge in [-0.05, 0) is 44.0 Å². The second kappa shape index (κ2) is 9.13. The molecule has 9 heteroatoms. The Kier molecular flexibility index (Phi) is 7.33. The van der Waals surface area contributed by atoms with E-state index in [-0.39, 0.29) is 41.7 Å². The number of hydrogen-bond donors (Lipinski definition) is 1. The fraction of sp³-hybridized carbons (Fsp3) is 0.579. The molecule has 2 fully saturated rings. The van der Waals surface area contributed by atoms with Gasteiger partial charge in [0.05, 0.1) is 5.56 Å². The van der Waals surface area contributed by atoms with Crippen LogP contribution >= 0.6 is 12.4 Å². The predicted molar refractivity (Wildman–Crippen MR) is 101 cm³/mol. The summed E-state index contributed by atoms with van der Waals surface area (Å²) in [6.45, 7) is 5.18. The van der Waals surface area contributed by atoms with Gasteiger partial charge in [-0.1, -0.05) is 0 Å². The van der Waals surface area contributed by atoms with E-state index in [0.29, 0.717) is 32.5 Å². The molecule has 1 atom stereocenters. The molecule has 2 heterocycles. The number of alkyl halides is 3. The van der Waals surface area contributed by atoms with Crippen molar-refractivity contribution in [1.29, 1.82) is 0 Å². The molecule has 5 nitrogen and oxygen atoms in total. The summed E-state index contributed by atoms with van der Waals surface area (Å²) in [5, 5.41) is 3.26. The Morgan fingerprint density at radius 3 is 2.21 bits per heavy atom. The molecule has 2 amide bonds. The maximum Gasteiger partial charge on any atom is 0.416 e. The Labute approximate surface area is 168 Å². The van der Waals surface area contributed by atoms with Gasteiger partial charge in [-0.2, -0.15) is 13.2 Å². The smallest absolute Gasteiger partial charge is 0.339 e. The molecule has 1 aromatic carbocycles. The van der Waals surface area contributed by atoms with Crippen LogP contribution in [0.25, 0.3) is 0 Å². The fourth-order valence-electron chi connectivity index (χ4n) is 3.72. The van der Waals surface area contributed by atoms with Gasteiger partial charge in [0.2, 0.25) is 5.91 Å². The number of hydrogen-bond acceptors (Lipinski definition) is 3. The quantitative estimate of drug-likeness (QED) is 0.802. The third-order valence-corrected chi connectivity index (χ3v) is 5.37. The Morgan fingerprint density at radius 2 is 1.68 bits per heavy atom. The largest absolute Gasteiger partial charge is 0.416 e. The SMILES string of the molecule is C[C@H]1CNCCN1C(=O)C1CCN(C(=O)c2ccc(C(F)(F)F)cc2)CC1.Cl. The number of halogens is 4. The van der Waals surface area contributed by atoms with Crippen LogP contribution in [0.1, 0.15) is 35.7 Å². The van der Waals surface area contributed by atoms with Gasteiger partial charge < -0.3 is 15.1 Å². The fourth-order valence-corrected chi connectivity index (χ4v) is 3.72. The summed E-state index contributed by atoms with van der Waals surface area (Å²) in [4.78, 5) is 28.8. The minimum Gasteiger partial charge on any atom is -0.339 e. The van der Waals surface area contributed by atoms with E-state index in [9.17, 15) is 22.8 Å². The average Bonchev–Trinajstić information content (AvgIpc) is 2.67. The zero-order valence-electron chi connectivity index (χ0n) is 15.7. The Balaban J connectivity index is 0.00000280. The number of rotatable bonds is 2. The number of amides is 2. The molecular weight excluding hydrogens is 395 g/mol. The van der Waals surface area contributed by atoms with Crippen molar-refractivity contribution in [1.82, 2.24) is 15.1 Å². The summed E-state index contributed by atoms with van der Waals surface area (Å²) in [5.74, 6) is -0.238. The van der Waals surface area contributed by atoms with Crippen LogP contribution in [0.2, 0.25) is 0 Å². The predicted octanol–water partition coefficient (Wildman–Crippen LogP) is 2.80. The van der Waals surface area contributed by atoms with Gasteiger partial charge in [0.1, 0.15) is 0 Å². The van der Waals surface area contributed by atoms with E-state index < -0.39 is 11.7 Å². The zero-order chi connectivity index (χ0) is 19.6. The first kappa shape index (κ1) is 22.5. The molecule has 1 N–H and O–H groups in total. The molecule has 3 rings (SSSR count). The van der Waals surface area contributed by atoms with E-state index in [4.69, 9.17) is 0 Å². The van der Waals surface area contributed by atoms with Crippen LogP contribution in [0.4, 0.5) is 13.2 Å². The Hall–Kier alpha value is -1.80. The van der Waals surface area contributed by atoms with Gasteiger partial charge in [0.25, 0.3) is 5.91 Å². The molecule has 2 aliphatic rings. The summed E-state index contributed by atoms with van der Waals surface area (Å²) in [6.07, 6.45) is -3.24. The van der Waals surface area contributed by atoms with Crippen LogP contribution in [-0.2, 0) is 11.0 Å². The molecule has 2 aliphatic heterocycles. The summed E-state index contributed by atoms with van der Waals surface area (Å²) < 4.78 is 37.9. The van der Waals surface area contributed by atoms with E-state index in [2.05, 4.69) is 5.32 Å². The molecule has 0 aliphatic carbocycles. The normalized spacial score (nSPS) is 21.2. The minimum atomic E-state index is -4.42. The molecule has 156 valence electrons. The van der Waals surface area contributed by atoms with Gasteiger partial charge in [-0.25, -0.2) is 0 Å². The van der Waals surface area contributed by atoms with Gasteiger partial charge in [0, 0.05) is 50.2 Å². The van der Waals surface area contributed by atoms with Crippen LogP contribution in [-0.4, -0.2) is 60.4 Å². The van der Waals surface area contributed by atoms with Crippen molar-refractivity contribution in [2.45, 2.75) is 32.0 Å². The topological polar surface area (TPSA) is 52.7 Å². The maximum absolute atomic E-state index is 12.7. The number of carbonyl (C=O) groups excluding carboxylic acids is 2. The van der Waals surface area contributed by atoms with Crippen LogP contribution in [0.15, 0.2) is 24.3 Å². The minimum absolute atomic E-state index is 0. The highest BCUT2D eigenvalue weighted by Gasteiger charge is 2.34. The molecule has 0 saturated carbocycles. The highest BCUT2D eigenvalue weighted by molar-refractivity contribution is 5.94. The molecule has 1 aromatic rings. The number of nitrogens with zero attached hydrogens (tertiary/aromatic N) is 2. The van der Waals surface area contributed by atoms with Crippen molar-refractivity contribution in [3.63, 3.8) is 0 Å². The van der Waals surface area contributed by atoms with E-state index in [1.165, 1.54) is 12.1 Å².